The number of nitrogens with one attached hydrogen (secondary N) is 2. The second kappa shape index (κ2) is 11.9. The largest absolute Gasteiger partial charge is 0.462 e. The predicted octanol–water partition coefficient (Wildman–Crippen LogP) is 4.35. The number of hydrogen-bond donors (Lipinski definition) is 2. The molecule has 0 spiro atoms. The molecular weight excluding hydrogens is 518 g/mol. The maximum Gasteiger partial charge on any atom is 0.341 e. The van der Waals surface area contributed by atoms with E-state index in [0.29, 0.717) is 49.0 Å². The normalized spacial score (nSPS) is 14.2. The van der Waals surface area contributed by atoms with Crippen LogP contribution in [0.15, 0.2) is 65.6 Å². The van der Waals surface area contributed by atoms with E-state index in [1.807, 2.05) is 36.4 Å². The number of sulfonamides is 1. The lowest BCUT2D eigenvalue weighted by Gasteiger charge is -2.26. The maximum atomic E-state index is 13.0. The van der Waals surface area contributed by atoms with E-state index in [1.165, 1.54) is 15.6 Å². The molecule has 8 nitrogen and oxygen atoms in total. The average Bonchev–Trinajstić information content (AvgIpc) is 3.27. The van der Waals surface area contributed by atoms with Gasteiger partial charge in [-0.25, -0.2) is 13.2 Å². The van der Waals surface area contributed by atoms with E-state index in [-0.39, 0.29) is 16.6 Å². The Morgan fingerprint density at radius 3 is 2.56 bits per heavy atom. The van der Waals surface area contributed by atoms with E-state index in [2.05, 4.69) is 10.6 Å². The second-order valence-electron chi connectivity index (χ2n) is 7.96. The van der Waals surface area contributed by atoms with Gasteiger partial charge in [-0.05, 0) is 49.0 Å². The number of ether oxygens (including phenoxy) is 2. The Hall–Kier alpha value is -2.83. The smallest absolute Gasteiger partial charge is 0.341 e. The molecule has 1 fully saturated rings. The van der Waals surface area contributed by atoms with Crippen LogP contribution in [0.3, 0.4) is 0 Å². The quantitative estimate of drug-likeness (QED) is 0.319. The Kier molecular flexibility index (Phi) is 8.70. The highest BCUT2D eigenvalue weighted by Crippen LogP contribution is 2.31. The summed E-state index contributed by atoms with van der Waals surface area (Å²) < 4.78 is 37.9. The van der Waals surface area contributed by atoms with E-state index in [0.717, 1.165) is 10.4 Å². The highest BCUT2D eigenvalue weighted by atomic mass is 32.2. The first kappa shape index (κ1) is 26.2. The summed E-state index contributed by atoms with van der Waals surface area (Å²) in [4.78, 5) is 13.7. The minimum absolute atomic E-state index is 0.172. The van der Waals surface area contributed by atoms with Crippen LogP contribution in [-0.2, 0) is 25.9 Å². The maximum absolute atomic E-state index is 13.0. The van der Waals surface area contributed by atoms with E-state index in [9.17, 15) is 13.2 Å². The van der Waals surface area contributed by atoms with Crippen LogP contribution in [0.25, 0.3) is 0 Å². The molecule has 1 aliphatic rings. The summed E-state index contributed by atoms with van der Waals surface area (Å²) >= 11 is 6.91. The number of thiocarbonyl (C=S) groups is 1. The second-order valence-corrected chi connectivity index (χ2v) is 11.4. The van der Waals surface area contributed by atoms with E-state index in [4.69, 9.17) is 21.7 Å². The zero-order chi connectivity index (χ0) is 25.5. The Morgan fingerprint density at radius 1 is 1.08 bits per heavy atom. The number of carbonyl (C=O) groups is 1. The molecule has 2 aromatic carbocycles. The van der Waals surface area contributed by atoms with Crippen LogP contribution in [0.1, 0.15) is 27.7 Å². The molecule has 190 valence electrons. The highest BCUT2D eigenvalue weighted by molar-refractivity contribution is 7.89. The fourth-order valence-electron chi connectivity index (χ4n) is 3.72. The fraction of sp³-hybridized carbons (Fsp3) is 0.280. The molecule has 0 bridgehead atoms. The number of rotatable bonds is 8. The Balaban J connectivity index is 1.50. The van der Waals surface area contributed by atoms with Gasteiger partial charge in [0.05, 0.1) is 30.3 Å². The molecule has 0 saturated carbocycles. The number of thiophene rings is 1. The van der Waals surface area contributed by atoms with Gasteiger partial charge in [0.15, 0.2) is 5.11 Å². The monoisotopic (exact) mass is 545 g/mol. The third-order valence-corrected chi connectivity index (χ3v) is 8.58. The molecule has 0 radical (unpaired) electrons. The molecule has 1 saturated heterocycles. The van der Waals surface area contributed by atoms with Crippen molar-refractivity contribution in [2.75, 3.05) is 43.5 Å². The van der Waals surface area contributed by atoms with Crippen LogP contribution in [0.5, 0.6) is 0 Å². The minimum Gasteiger partial charge on any atom is -0.462 e. The molecule has 11 heteroatoms. The summed E-state index contributed by atoms with van der Waals surface area (Å²) in [5.41, 5.74) is 2.04. The zero-order valence-corrected chi connectivity index (χ0v) is 22.2. The molecule has 0 amide bonds. The molecule has 0 aliphatic carbocycles. The first-order valence-electron chi connectivity index (χ1n) is 11.5. The van der Waals surface area contributed by atoms with Crippen LogP contribution in [-0.4, -0.2) is 56.7 Å². The summed E-state index contributed by atoms with van der Waals surface area (Å²) in [5.74, 6) is -0.433. The zero-order valence-electron chi connectivity index (χ0n) is 19.7. The first-order valence-corrected chi connectivity index (χ1v) is 14.1. The number of carbonyl (C=O) groups excluding carboxylic acids is 1. The van der Waals surface area contributed by atoms with Crippen molar-refractivity contribution in [2.45, 2.75) is 18.2 Å². The minimum atomic E-state index is -3.64. The molecule has 3 aromatic rings. The molecule has 1 aromatic heterocycles. The average molecular weight is 546 g/mol. The highest BCUT2D eigenvalue weighted by Gasteiger charge is 2.26. The molecule has 2 heterocycles. The first-order chi connectivity index (χ1) is 17.4. The lowest BCUT2D eigenvalue weighted by molar-refractivity contribution is 0.0528. The lowest BCUT2D eigenvalue weighted by Crippen LogP contribution is -2.40. The number of benzene rings is 2. The van der Waals surface area contributed by atoms with Crippen molar-refractivity contribution in [2.24, 2.45) is 0 Å². The number of hydrogen-bond acceptors (Lipinski definition) is 7. The number of anilines is 2. The number of morpholine rings is 1. The van der Waals surface area contributed by atoms with Crippen molar-refractivity contribution in [3.8, 4) is 0 Å². The summed E-state index contributed by atoms with van der Waals surface area (Å²) in [6.45, 7) is 3.41. The van der Waals surface area contributed by atoms with Gasteiger partial charge in [0.25, 0.3) is 0 Å². The van der Waals surface area contributed by atoms with Crippen molar-refractivity contribution in [1.29, 1.82) is 0 Å². The number of nitrogens with zero attached hydrogens (tertiary/aromatic N) is 1. The van der Waals surface area contributed by atoms with Crippen molar-refractivity contribution in [1.82, 2.24) is 4.31 Å². The summed E-state index contributed by atoms with van der Waals surface area (Å²) in [5, 5.41) is 6.91. The van der Waals surface area contributed by atoms with Gasteiger partial charge in [0, 0.05) is 30.1 Å². The molecule has 4 rings (SSSR count). The number of esters is 1. The summed E-state index contributed by atoms with van der Waals surface area (Å²) in [7, 11) is -3.64. The van der Waals surface area contributed by atoms with Crippen molar-refractivity contribution in [3.63, 3.8) is 0 Å². The Morgan fingerprint density at radius 2 is 1.83 bits per heavy atom. The molecule has 1 aliphatic heterocycles. The molecule has 2 N–H and O–H groups in total. The molecule has 36 heavy (non-hydrogen) atoms. The fourth-order valence-corrected chi connectivity index (χ4v) is 6.54. The van der Waals surface area contributed by atoms with Crippen molar-refractivity contribution in [3.05, 3.63) is 76.7 Å². The van der Waals surface area contributed by atoms with Crippen LogP contribution < -0.4 is 10.6 Å². The van der Waals surface area contributed by atoms with Gasteiger partial charge in [-0.15, -0.1) is 11.3 Å². The van der Waals surface area contributed by atoms with Gasteiger partial charge in [0.1, 0.15) is 5.00 Å². The van der Waals surface area contributed by atoms with Crippen LogP contribution in [0.4, 0.5) is 10.7 Å². The van der Waals surface area contributed by atoms with Crippen LogP contribution in [0.2, 0.25) is 0 Å². The third-order valence-electron chi connectivity index (χ3n) is 5.43. The van der Waals surface area contributed by atoms with E-state index >= 15 is 0 Å². The van der Waals surface area contributed by atoms with Gasteiger partial charge in [-0.1, -0.05) is 36.4 Å². The molecular formula is C25H27N3O5S3. The van der Waals surface area contributed by atoms with E-state index < -0.39 is 16.0 Å². The van der Waals surface area contributed by atoms with Gasteiger partial charge in [-0.2, -0.15) is 4.31 Å². The predicted molar refractivity (Wildman–Crippen MR) is 145 cm³/mol. The topological polar surface area (TPSA) is 97.0 Å². The lowest BCUT2D eigenvalue weighted by atomic mass is 10.1. The molecule has 0 atom stereocenters. The van der Waals surface area contributed by atoms with Crippen molar-refractivity contribution >= 4 is 55.3 Å². The summed E-state index contributed by atoms with van der Waals surface area (Å²) in [6, 6.07) is 18.3. The van der Waals surface area contributed by atoms with Gasteiger partial charge >= 0.3 is 5.97 Å². The van der Waals surface area contributed by atoms with Crippen LogP contribution in [0, 0.1) is 0 Å². The Bertz CT molecular complexity index is 1320. The molecule has 0 unspecified atom stereocenters. The van der Waals surface area contributed by atoms with Gasteiger partial charge in [-0.3, -0.25) is 0 Å². The third kappa shape index (κ3) is 6.48. The SMILES string of the molecule is CCOC(=O)c1cc(Cc2ccccc2)sc1NC(=S)Nc1cccc(S(=O)(=O)N2CCOCC2)c1. The van der Waals surface area contributed by atoms with Gasteiger partial charge in [0.2, 0.25) is 10.0 Å². The summed E-state index contributed by atoms with van der Waals surface area (Å²) in [6.07, 6.45) is 0.668. The Labute approximate surface area is 220 Å². The standard InChI is InChI=1S/C25H27N3O5S3/c1-2-33-24(29)22-17-20(15-18-7-4-3-5-8-18)35-23(22)27-25(34)26-19-9-6-10-21(16-19)36(30,31)28-11-13-32-14-12-28/h3-10,16-17H,2,11-15H2,1H3,(H2,26,27,34). The van der Waals surface area contributed by atoms with Crippen LogP contribution >= 0.6 is 23.6 Å². The van der Waals surface area contributed by atoms with Crippen molar-refractivity contribution < 1.29 is 22.7 Å². The van der Waals surface area contributed by atoms with E-state index in [1.54, 1.807) is 31.2 Å². The van der Waals surface area contributed by atoms with Gasteiger partial charge < -0.3 is 20.1 Å².